The largest absolute Gasteiger partial charge is 0.331 e. The second kappa shape index (κ2) is 5.58. The molecule has 1 aliphatic carbocycles. The van der Waals surface area contributed by atoms with Crippen molar-refractivity contribution in [3.63, 3.8) is 0 Å². The van der Waals surface area contributed by atoms with E-state index in [1.165, 1.54) is 11.0 Å². The van der Waals surface area contributed by atoms with Gasteiger partial charge in [0.25, 0.3) is 0 Å². The molecule has 4 nitrogen and oxygen atoms in total. The number of amides is 1. The molecule has 1 aliphatic heterocycles. The summed E-state index contributed by atoms with van der Waals surface area (Å²) in [7, 11) is 0. The summed E-state index contributed by atoms with van der Waals surface area (Å²) in [6.45, 7) is 7.60. The maximum Gasteiger partial charge on any atom is 0.241 e. The van der Waals surface area contributed by atoms with E-state index in [1.807, 2.05) is 13.8 Å². The summed E-state index contributed by atoms with van der Waals surface area (Å²) in [6, 6.07) is 0. The van der Waals surface area contributed by atoms with Crippen molar-refractivity contribution >= 4 is 40.7 Å². The quantitative estimate of drug-likeness (QED) is 0.574. The normalized spacial score (nSPS) is 30.3. The molecule has 0 aromatic carbocycles. The van der Waals surface area contributed by atoms with E-state index < -0.39 is 17.7 Å². The van der Waals surface area contributed by atoms with Gasteiger partial charge in [-0.3, -0.25) is 14.4 Å². The monoisotopic (exact) mass is 329 g/mol. The predicted octanol–water partition coefficient (Wildman–Crippen LogP) is 2.36. The molecular formula is C15H17Cl2NO3. The van der Waals surface area contributed by atoms with Crippen molar-refractivity contribution in [1.29, 1.82) is 0 Å². The Morgan fingerprint density at radius 2 is 2.05 bits per heavy atom. The number of halogens is 2. The highest BCUT2D eigenvalue weighted by atomic mass is 35.5. The number of nitrogens with zero attached hydrogens (tertiary/aromatic N) is 1. The van der Waals surface area contributed by atoms with Crippen LogP contribution in [0.25, 0.3) is 0 Å². The smallest absolute Gasteiger partial charge is 0.241 e. The van der Waals surface area contributed by atoms with Gasteiger partial charge in [-0.1, -0.05) is 43.1 Å². The van der Waals surface area contributed by atoms with E-state index in [0.717, 1.165) is 0 Å². The molecule has 6 heteroatoms. The number of carbonyl (C=O) groups is 3. The summed E-state index contributed by atoms with van der Waals surface area (Å²) < 4.78 is 0.0979. The molecule has 2 rings (SSSR count). The standard InChI is InChI=1S/C15H17Cl2NO3/c1-4-5-18-7-9(19)11(14(18)21)13(20)12-8(6-10(16)17)15(12,2)3/h4,6,8,11-12H,1,5,7H2,2-3H3. The van der Waals surface area contributed by atoms with Crippen LogP contribution in [0.3, 0.4) is 0 Å². The average Bonchev–Trinajstić information content (AvgIpc) is 2.75. The van der Waals surface area contributed by atoms with Crippen molar-refractivity contribution in [1.82, 2.24) is 4.90 Å². The lowest BCUT2D eigenvalue weighted by Crippen LogP contribution is -2.32. The first-order valence-electron chi connectivity index (χ1n) is 6.70. The highest BCUT2D eigenvalue weighted by Crippen LogP contribution is 2.61. The zero-order valence-corrected chi connectivity index (χ0v) is 13.4. The molecular weight excluding hydrogens is 313 g/mol. The Bertz CT molecular complexity index is 549. The molecule has 1 saturated carbocycles. The molecule has 114 valence electrons. The van der Waals surface area contributed by atoms with E-state index in [9.17, 15) is 14.4 Å². The van der Waals surface area contributed by atoms with Crippen molar-refractivity contribution in [2.24, 2.45) is 23.2 Å². The molecule has 0 aromatic rings. The molecule has 0 radical (unpaired) electrons. The van der Waals surface area contributed by atoms with Crippen LogP contribution in [-0.4, -0.2) is 35.5 Å². The maximum atomic E-state index is 12.6. The van der Waals surface area contributed by atoms with Crippen molar-refractivity contribution in [3.8, 4) is 0 Å². The first-order valence-corrected chi connectivity index (χ1v) is 7.46. The number of allylic oxidation sites excluding steroid dienone is 1. The Labute approximate surface area is 133 Å². The van der Waals surface area contributed by atoms with E-state index in [-0.39, 0.29) is 40.5 Å². The van der Waals surface area contributed by atoms with Crippen LogP contribution in [0.15, 0.2) is 23.2 Å². The lowest BCUT2D eigenvalue weighted by atomic mass is 9.94. The third-order valence-electron chi connectivity index (χ3n) is 4.38. The van der Waals surface area contributed by atoms with Gasteiger partial charge in [-0.25, -0.2) is 0 Å². The fourth-order valence-electron chi connectivity index (χ4n) is 3.12. The Morgan fingerprint density at radius 1 is 1.43 bits per heavy atom. The van der Waals surface area contributed by atoms with Gasteiger partial charge in [-0.2, -0.15) is 0 Å². The van der Waals surface area contributed by atoms with Gasteiger partial charge >= 0.3 is 0 Å². The van der Waals surface area contributed by atoms with E-state index >= 15 is 0 Å². The molecule has 3 unspecified atom stereocenters. The molecule has 0 bridgehead atoms. The fraction of sp³-hybridized carbons (Fsp3) is 0.533. The topological polar surface area (TPSA) is 54.5 Å². The average molecular weight is 330 g/mol. The van der Waals surface area contributed by atoms with Gasteiger partial charge in [-0.05, 0) is 17.4 Å². The molecule has 0 spiro atoms. The minimum Gasteiger partial charge on any atom is -0.331 e. The Balaban J connectivity index is 2.18. The Morgan fingerprint density at radius 3 is 2.57 bits per heavy atom. The second-order valence-corrected chi connectivity index (χ2v) is 7.10. The van der Waals surface area contributed by atoms with Crippen LogP contribution >= 0.6 is 23.2 Å². The first-order chi connectivity index (χ1) is 9.71. The Kier molecular flexibility index (Phi) is 4.31. The summed E-state index contributed by atoms with van der Waals surface area (Å²) in [5.74, 6) is -2.80. The number of rotatable bonds is 5. The summed E-state index contributed by atoms with van der Waals surface area (Å²) >= 11 is 11.3. The van der Waals surface area contributed by atoms with Crippen LogP contribution in [0, 0.1) is 23.2 Å². The second-order valence-electron chi connectivity index (χ2n) is 6.09. The third kappa shape index (κ3) is 2.79. The molecule has 2 fully saturated rings. The summed E-state index contributed by atoms with van der Waals surface area (Å²) in [6.07, 6.45) is 3.15. The van der Waals surface area contributed by atoms with E-state index in [0.29, 0.717) is 0 Å². The van der Waals surface area contributed by atoms with Crippen LogP contribution in [0.4, 0.5) is 0 Å². The van der Waals surface area contributed by atoms with Crippen LogP contribution in [-0.2, 0) is 14.4 Å². The lowest BCUT2D eigenvalue weighted by molar-refractivity contribution is -0.139. The number of carbonyl (C=O) groups excluding carboxylic acids is 3. The lowest BCUT2D eigenvalue weighted by Gasteiger charge is -2.12. The minimum absolute atomic E-state index is 0.0226. The van der Waals surface area contributed by atoms with Crippen LogP contribution in [0.2, 0.25) is 0 Å². The SMILES string of the molecule is C=CCN1CC(=O)C(C(=O)C2C(C=C(Cl)Cl)C2(C)C)C1=O. The summed E-state index contributed by atoms with van der Waals surface area (Å²) in [4.78, 5) is 38.1. The zero-order valence-electron chi connectivity index (χ0n) is 11.9. The van der Waals surface area contributed by atoms with Gasteiger partial charge in [0, 0.05) is 12.5 Å². The highest BCUT2D eigenvalue weighted by Gasteiger charge is 2.63. The number of Topliss-reactive ketones (excluding diaryl/α,β-unsaturated/α-hetero) is 2. The van der Waals surface area contributed by atoms with Crippen molar-refractivity contribution < 1.29 is 14.4 Å². The predicted molar refractivity (Wildman–Crippen MR) is 80.8 cm³/mol. The van der Waals surface area contributed by atoms with Gasteiger partial charge in [0.1, 0.15) is 4.49 Å². The molecule has 0 aromatic heterocycles. The molecule has 1 saturated heterocycles. The maximum absolute atomic E-state index is 12.6. The van der Waals surface area contributed by atoms with Gasteiger partial charge in [0.05, 0.1) is 6.54 Å². The van der Waals surface area contributed by atoms with E-state index in [4.69, 9.17) is 23.2 Å². The molecule has 2 aliphatic rings. The molecule has 1 amide bonds. The molecule has 21 heavy (non-hydrogen) atoms. The molecule has 3 atom stereocenters. The molecule has 1 heterocycles. The number of hydrogen-bond donors (Lipinski definition) is 0. The summed E-state index contributed by atoms with van der Waals surface area (Å²) in [5, 5.41) is 0. The van der Waals surface area contributed by atoms with Crippen molar-refractivity contribution in [2.75, 3.05) is 13.1 Å². The highest BCUT2D eigenvalue weighted by molar-refractivity contribution is 6.55. The first kappa shape index (κ1) is 16.2. The van der Waals surface area contributed by atoms with Gasteiger partial charge in [-0.15, -0.1) is 6.58 Å². The van der Waals surface area contributed by atoms with E-state index in [1.54, 1.807) is 6.08 Å². The zero-order chi connectivity index (χ0) is 15.9. The van der Waals surface area contributed by atoms with Crippen LogP contribution < -0.4 is 0 Å². The summed E-state index contributed by atoms with van der Waals surface area (Å²) in [5.41, 5.74) is -0.335. The van der Waals surface area contributed by atoms with Crippen molar-refractivity contribution in [3.05, 3.63) is 23.2 Å². The fourth-order valence-corrected chi connectivity index (χ4v) is 3.39. The number of likely N-dealkylation sites (tertiary alicyclic amines) is 1. The molecule has 0 N–H and O–H groups in total. The Hall–Kier alpha value is -1.13. The van der Waals surface area contributed by atoms with Crippen LogP contribution in [0.1, 0.15) is 13.8 Å². The number of hydrogen-bond acceptors (Lipinski definition) is 3. The van der Waals surface area contributed by atoms with Gasteiger partial charge in [0.15, 0.2) is 17.5 Å². The van der Waals surface area contributed by atoms with E-state index in [2.05, 4.69) is 6.58 Å². The number of ketones is 2. The minimum atomic E-state index is -1.18. The third-order valence-corrected chi connectivity index (χ3v) is 4.64. The van der Waals surface area contributed by atoms with Gasteiger partial charge < -0.3 is 4.90 Å². The van der Waals surface area contributed by atoms with Crippen molar-refractivity contribution in [2.45, 2.75) is 13.8 Å². The van der Waals surface area contributed by atoms with Gasteiger partial charge in [0.2, 0.25) is 5.91 Å². The van der Waals surface area contributed by atoms with Crippen LogP contribution in [0.5, 0.6) is 0 Å².